The van der Waals surface area contributed by atoms with Gasteiger partial charge in [-0.1, -0.05) is 24.8 Å². The highest BCUT2D eigenvalue weighted by Crippen LogP contribution is 2.19. The number of allylic oxidation sites excluding steroid dienone is 4. The first-order valence-corrected chi connectivity index (χ1v) is 5.41. The lowest BCUT2D eigenvalue weighted by Gasteiger charge is -2.05. The molecule has 0 bridgehead atoms. The summed E-state index contributed by atoms with van der Waals surface area (Å²) in [7, 11) is 0. The van der Waals surface area contributed by atoms with E-state index in [9.17, 15) is 0 Å². The maximum atomic E-state index is 4.47. The smallest absolute Gasteiger partial charge is 0.111 e. The number of rotatable bonds is 3. The minimum absolute atomic E-state index is 0.862. The van der Waals surface area contributed by atoms with Crippen molar-refractivity contribution in [3.05, 3.63) is 55.2 Å². The number of nitrogens with zero attached hydrogens (tertiary/aromatic N) is 3. The van der Waals surface area contributed by atoms with E-state index in [0.717, 1.165) is 28.1 Å². The number of fused-ring (bicyclic) bond motifs is 1. The van der Waals surface area contributed by atoms with Crippen molar-refractivity contribution >= 4 is 16.7 Å². The van der Waals surface area contributed by atoms with Crippen molar-refractivity contribution in [2.45, 2.75) is 13.8 Å². The standard InChI is InChI=1S/C14H15N3/c1-10(2)5-6-11(3)17-12(4)16-13-7-8-15-9-14(13)17/h5-9H,1,3H2,2,4H3. The predicted molar refractivity (Wildman–Crippen MR) is 71.5 cm³/mol. The van der Waals surface area contributed by atoms with Crippen LogP contribution in [0.1, 0.15) is 12.7 Å². The molecule has 3 nitrogen and oxygen atoms in total. The Labute approximate surface area is 101 Å². The van der Waals surface area contributed by atoms with E-state index in [2.05, 4.69) is 23.1 Å². The summed E-state index contributed by atoms with van der Waals surface area (Å²) in [5, 5.41) is 0. The zero-order valence-corrected chi connectivity index (χ0v) is 10.1. The van der Waals surface area contributed by atoms with Gasteiger partial charge in [-0.25, -0.2) is 4.98 Å². The van der Waals surface area contributed by atoms with Crippen LogP contribution in [-0.4, -0.2) is 14.5 Å². The topological polar surface area (TPSA) is 30.7 Å². The Bertz CT molecular complexity index is 617. The minimum atomic E-state index is 0.862. The molecule has 0 aliphatic carbocycles. The molecule has 86 valence electrons. The fourth-order valence-electron chi connectivity index (χ4n) is 1.72. The minimum Gasteiger partial charge on any atom is -0.296 e. The van der Waals surface area contributed by atoms with E-state index in [4.69, 9.17) is 0 Å². The molecule has 2 aromatic heterocycles. The van der Waals surface area contributed by atoms with Gasteiger partial charge in [0.1, 0.15) is 5.82 Å². The van der Waals surface area contributed by atoms with Gasteiger partial charge in [0.25, 0.3) is 0 Å². The molecule has 0 N–H and O–H groups in total. The largest absolute Gasteiger partial charge is 0.296 e. The number of pyridine rings is 1. The lowest BCUT2D eigenvalue weighted by atomic mass is 10.3. The van der Waals surface area contributed by atoms with Crippen LogP contribution in [0.5, 0.6) is 0 Å². The summed E-state index contributed by atoms with van der Waals surface area (Å²) < 4.78 is 1.99. The normalized spacial score (nSPS) is 11.2. The molecule has 17 heavy (non-hydrogen) atoms. The second-order valence-electron chi connectivity index (χ2n) is 4.03. The number of aromatic nitrogens is 3. The highest BCUT2D eigenvalue weighted by Gasteiger charge is 2.07. The molecule has 0 aliphatic heterocycles. The third-order valence-corrected chi connectivity index (χ3v) is 2.47. The highest BCUT2D eigenvalue weighted by molar-refractivity contribution is 5.80. The monoisotopic (exact) mass is 225 g/mol. The van der Waals surface area contributed by atoms with E-state index in [1.165, 1.54) is 0 Å². The molecule has 0 aliphatic rings. The summed E-state index contributed by atoms with van der Waals surface area (Å²) in [6, 6.07) is 1.90. The average Bonchev–Trinajstić information content (AvgIpc) is 2.61. The summed E-state index contributed by atoms with van der Waals surface area (Å²) >= 11 is 0. The van der Waals surface area contributed by atoms with Gasteiger partial charge >= 0.3 is 0 Å². The fourth-order valence-corrected chi connectivity index (χ4v) is 1.72. The molecule has 0 saturated heterocycles. The maximum Gasteiger partial charge on any atom is 0.111 e. The molecule has 0 spiro atoms. The number of hydrogen-bond acceptors (Lipinski definition) is 2. The van der Waals surface area contributed by atoms with Crippen LogP contribution >= 0.6 is 0 Å². The van der Waals surface area contributed by atoms with Crippen molar-refractivity contribution in [1.29, 1.82) is 0 Å². The van der Waals surface area contributed by atoms with Crippen molar-refractivity contribution in [3.63, 3.8) is 0 Å². The van der Waals surface area contributed by atoms with Crippen molar-refractivity contribution in [3.8, 4) is 0 Å². The second-order valence-corrected chi connectivity index (χ2v) is 4.03. The molecule has 0 fully saturated rings. The predicted octanol–water partition coefficient (Wildman–Crippen LogP) is 3.34. The molecule has 0 unspecified atom stereocenters. The van der Waals surface area contributed by atoms with Crippen molar-refractivity contribution in [2.24, 2.45) is 0 Å². The van der Waals surface area contributed by atoms with Crippen LogP contribution in [0.15, 0.2) is 49.3 Å². The first-order chi connectivity index (χ1) is 8.09. The van der Waals surface area contributed by atoms with Gasteiger partial charge in [0.2, 0.25) is 0 Å². The molecular weight excluding hydrogens is 210 g/mol. The summed E-state index contributed by atoms with van der Waals surface area (Å²) in [6.45, 7) is 11.8. The SMILES string of the molecule is C=C(C)C=CC(=C)n1c(C)nc2ccncc21. The van der Waals surface area contributed by atoms with Crippen LogP contribution < -0.4 is 0 Å². The molecule has 0 aromatic carbocycles. The molecule has 2 aromatic rings. The van der Waals surface area contributed by atoms with E-state index in [-0.39, 0.29) is 0 Å². The molecule has 0 atom stereocenters. The van der Waals surface area contributed by atoms with Crippen LogP contribution in [0, 0.1) is 6.92 Å². The van der Waals surface area contributed by atoms with Crippen molar-refractivity contribution in [2.75, 3.05) is 0 Å². The molecule has 0 amide bonds. The van der Waals surface area contributed by atoms with Gasteiger partial charge in [-0.2, -0.15) is 0 Å². The van der Waals surface area contributed by atoms with E-state index >= 15 is 0 Å². The second kappa shape index (κ2) is 4.37. The molecule has 2 rings (SSSR count). The summed E-state index contributed by atoms with van der Waals surface area (Å²) in [5.74, 6) is 0.907. The lowest BCUT2D eigenvalue weighted by Crippen LogP contribution is -1.96. The van der Waals surface area contributed by atoms with Gasteiger partial charge < -0.3 is 0 Å². The number of aryl methyl sites for hydroxylation is 1. The van der Waals surface area contributed by atoms with E-state index in [1.807, 2.05) is 36.6 Å². The zero-order valence-electron chi connectivity index (χ0n) is 10.1. The molecule has 0 saturated carbocycles. The third-order valence-electron chi connectivity index (χ3n) is 2.47. The molecular formula is C14H15N3. The Morgan fingerprint density at radius 1 is 1.35 bits per heavy atom. The first-order valence-electron chi connectivity index (χ1n) is 5.41. The van der Waals surface area contributed by atoms with Crippen molar-refractivity contribution in [1.82, 2.24) is 14.5 Å². The summed E-state index contributed by atoms with van der Waals surface area (Å²) in [6.07, 6.45) is 7.41. The van der Waals surface area contributed by atoms with Crippen molar-refractivity contribution < 1.29 is 0 Å². The van der Waals surface area contributed by atoms with E-state index in [0.29, 0.717) is 0 Å². The Balaban J connectivity index is 2.51. The number of imidazole rings is 1. The summed E-state index contributed by atoms with van der Waals surface area (Å²) in [4.78, 5) is 8.59. The first kappa shape index (κ1) is 11.3. The Hall–Kier alpha value is -2.16. The quantitative estimate of drug-likeness (QED) is 0.750. The summed E-state index contributed by atoms with van der Waals surface area (Å²) in [5.41, 5.74) is 3.76. The molecule has 0 radical (unpaired) electrons. The zero-order chi connectivity index (χ0) is 12.4. The molecule has 3 heteroatoms. The van der Waals surface area contributed by atoms with Gasteiger partial charge in [-0.3, -0.25) is 9.55 Å². The average molecular weight is 225 g/mol. The van der Waals surface area contributed by atoms with Crippen LogP contribution in [0.3, 0.4) is 0 Å². The van der Waals surface area contributed by atoms with Gasteiger partial charge in [-0.15, -0.1) is 0 Å². The Morgan fingerprint density at radius 3 is 2.82 bits per heavy atom. The maximum absolute atomic E-state index is 4.47. The van der Waals surface area contributed by atoms with Gasteiger partial charge in [0.05, 0.1) is 17.2 Å². The van der Waals surface area contributed by atoms with Gasteiger partial charge in [0, 0.05) is 11.9 Å². The van der Waals surface area contributed by atoms with Crippen LogP contribution in [-0.2, 0) is 0 Å². The Kier molecular flexibility index (Phi) is 2.91. The fraction of sp³-hybridized carbons (Fsp3) is 0.143. The van der Waals surface area contributed by atoms with Crippen LogP contribution in [0.25, 0.3) is 16.7 Å². The highest BCUT2D eigenvalue weighted by atomic mass is 15.1. The van der Waals surface area contributed by atoms with Crippen LogP contribution in [0.4, 0.5) is 0 Å². The Morgan fingerprint density at radius 2 is 2.12 bits per heavy atom. The lowest BCUT2D eigenvalue weighted by molar-refractivity contribution is 1.03. The number of hydrogen-bond donors (Lipinski definition) is 0. The van der Waals surface area contributed by atoms with Crippen LogP contribution in [0.2, 0.25) is 0 Å². The van der Waals surface area contributed by atoms with Gasteiger partial charge in [-0.05, 0) is 26.0 Å². The van der Waals surface area contributed by atoms with E-state index < -0.39 is 0 Å². The molecule has 2 heterocycles. The third kappa shape index (κ3) is 2.18. The van der Waals surface area contributed by atoms with E-state index in [1.54, 1.807) is 12.4 Å². The van der Waals surface area contributed by atoms with Gasteiger partial charge in [0.15, 0.2) is 0 Å².